The largest absolute Gasteiger partial charge is 0.508 e. The summed E-state index contributed by atoms with van der Waals surface area (Å²) >= 11 is 0. The van der Waals surface area contributed by atoms with Crippen molar-refractivity contribution >= 4 is 5.69 Å². The molecule has 2 nitrogen and oxygen atoms in total. The van der Waals surface area contributed by atoms with Crippen molar-refractivity contribution < 1.29 is 5.11 Å². The zero-order valence-electron chi connectivity index (χ0n) is 10.0. The van der Waals surface area contributed by atoms with Gasteiger partial charge in [-0.3, -0.25) is 0 Å². The zero-order chi connectivity index (χ0) is 11.4. The predicted molar refractivity (Wildman–Crippen MR) is 65.4 cm³/mol. The second-order valence-electron chi connectivity index (χ2n) is 4.40. The van der Waals surface area contributed by atoms with E-state index in [0.29, 0.717) is 17.7 Å². The summed E-state index contributed by atoms with van der Waals surface area (Å²) in [6.07, 6.45) is 1.11. The van der Waals surface area contributed by atoms with E-state index in [2.05, 4.69) is 26.1 Å². The van der Waals surface area contributed by atoms with Gasteiger partial charge in [-0.25, -0.2) is 0 Å². The average Bonchev–Trinajstić information content (AvgIpc) is 2.19. The number of aryl methyl sites for hydroxylation is 1. The molecule has 0 bridgehead atoms. The summed E-state index contributed by atoms with van der Waals surface area (Å²) in [5, 5.41) is 12.9. The van der Waals surface area contributed by atoms with Crippen LogP contribution in [0, 0.1) is 12.8 Å². The van der Waals surface area contributed by atoms with Crippen LogP contribution in [0.15, 0.2) is 18.2 Å². The Morgan fingerprint density at radius 3 is 2.47 bits per heavy atom. The first kappa shape index (κ1) is 11.9. The summed E-state index contributed by atoms with van der Waals surface area (Å²) in [5.41, 5.74) is 2.00. The van der Waals surface area contributed by atoms with Crippen LogP contribution in [0.3, 0.4) is 0 Å². The number of phenols is 1. The van der Waals surface area contributed by atoms with E-state index in [1.54, 1.807) is 6.07 Å². The fourth-order valence-corrected chi connectivity index (χ4v) is 1.70. The van der Waals surface area contributed by atoms with E-state index in [4.69, 9.17) is 0 Å². The molecule has 0 saturated carbocycles. The van der Waals surface area contributed by atoms with Crippen LogP contribution in [-0.4, -0.2) is 11.1 Å². The van der Waals surface area contributed by atoms with E-state index in [9.17, 15) is 5.11 Å². The molecule has 1 rings (SSSR count). The second kappa shape index (κ2) is 5.06. The van der Waals surface area contributed by atoms with Gasteiger partial charge in [0.05, 0.1) is 0 Å². The van der Waals surface area contributed by atoms with Gasteiger partial charge in [0.2, 0.25) is 0 Å². The van der Waals surface area contributed by atoms with E-state index < -0.39 is 0 Å². The Labute approximate surface area is 92.3 Å². The third-order valence-electron chi connectivity index (χ3n) is 2.79. The fraction of sp³-hybridized carbons (Fsp3) is 0.538. The molecule has 0 aliphatic heterocycles. The Morgan fingerprint density at radius 1 is 1.33 bits per heavy atom. The monoisotopic (exact) mass is 207 g/mol. The van der Waals surface area contributed by atoms with Crippen molar-refractivity contribution in [2.24, 2.45) is 5.92 Å². The van der Waals surface area contributed by atoms with Crippen LogP contribution < -0.4 is 5.32 Å². The van der Waals surface area contributed by atoms with Gasteiger partial charge in [0.25, 0.3) is 0 Å². The van der Waals surface area contributed by atoms with Gasteiger partial charge in [-0.15, -0.1) is 0 Å². The SMILES string of the molecule is CCC(Nc1ccc(O)c(C)c1)C(C)C. The molecule has 0 saturated heterocycles. The number of nitrogens with one attached hydrogen (secondary N) is 1. The van der Waals surface area contributed by atoms with Crippen LogP contribution in [0.4, 0.5) is 5.69 Å². The molecule has 1 atom stereocenters. The molecule has 1 aromatic rings. The van der Waals surface area contributed by atoms with E-state index >= 15 is 0 Å². The van der Waals surface area contributed by atoms with Gasteiger partial charge in [-0.1, -0.05) is 20.8 Å². The van der Waals surface area contributed by atoms with Crippen molar-refractivity contribution in [1.82, 2.24) is 0 Å². The normalized spacial score (nSPS) is 12.9. The fourth-order valence-electron chi connectivity index (χ4n) is 1.70. The minimum absolute atomic E-state index is 0.359. The third-order valence-corrected chi connectivity index (χ3v) is 2.79. The summed E-state index contributed by atoms with van der Waals surface area (Å²) < 4.78 is 0. The van der Waals surface area contributed by atoms with Crippen LogP contribution in [0.1, 0.15) is 32.8 Å². The smallest absolute Gasteiger partial charge is 0.118 e. The molecular formula is C13H21NO. The summed E-state index contributed by atoms with van der Waals surface area (Å²) in [5.74, 6) is 0.974. The van der Waals surface area contributed by atoms with E-state index in [0.717, 1.165) is 17.7 Å². The molecule has 1 unspecified atom stereocenters. The molecule has 84 valence electrons. The summed E-state index contributed by atoms with van der Waals surface area (Å²) in [4.78, 5) is 0. The lowest BCUT2D eigenvalue weighted by atomic mass is 10.0. The van der Waals surface area contributed by atoms with Crippen LogP contribution in [-0.2, 0) is 0 Å². The molecule has 0 amide bonds. The molecule has 1 aromatic carbocycles. The number of hydrogen-bond acceptors (Lipinski definition) is 2. The number of phenolic OH excluding ortho intramolecular Hbond substituents is 1. The van der Waals surface area contributed by atoms with E-state index in [-0.39, 0.29) is 0 Å². The number of aromatic hydroxyl groups is 1. The van der Waals surface area contributed by atoms with Crippen LogP contribution in [0.2, 0.25) is 0 Å². The lowest BCUT2D eigenvalue weighted by Crippen LogP contribution is -2.24. The van der Waals surface area contributed by atoms with Crippen molar-refractivity contribution in [3.05, 3.63) is 23.8 Å². The Kier molecular flexibility index (Phi) is 4.01. The lowest BCUT2D eigenvalue weighted by Gasteiger charge is -2.22. The first-order valence-electron chi connectivity index (χ1n) is 5.60. The average molecular weight is 207 g/mol. The molecule has 2 N–H and O–H groups in total. The highest BCUT2D eigenvalue weighted by molar-refractivity contribution is 5.50. The standard InChI is InChI=1S/C13H21NO/c1-5-12(9(2)3)14-11-6-7-13(15)10(4)8-11/h6-9,12,14-15H,5H2,1-4H3. The van der Waals surface area contributed by atoms with Crippen molar-refractivity contribution in [3.8, 4) is 5.75 Å². The molecule has 0 aromatic heterocycles. The lowest BCUT2D eigenvalue weighted by molar-refractivity contribution is 0.471. The maximum atomic E-state index is 9.42. The highest BCUT2D eigenvalue weighted by Gasteiger charge is 2.10. The molecule has 0 aliphatic carbocycles. The first-order chi connectivity index (χ1) is 7.04. The third kappa shape index (κ3) is 3.15. The Balaban J connectivity index is 2.75. The van der Waals surface area contributed by atoms with Gasteiger partial charge >= 0.3 is 0 Å². The van der Waals surface area contributed by atoms with Gasteiger partial charge in [-0.05, 0) is 43.0 Å². The van der Waals surface area contributed by atoms with Gasteiger partial charge in [0, 0.05) is 11.7 Å². The van der Waals surface area contributed by atoms with Gasteiger partial charge in [0.1, 0.15) is 5.75 Å². The minimum atomic E-state index is 0.359. The first-order valence-corrected chi connectivity index (χ1v) is 5.60. The number of rotatable bonds is 4. The van der Waals surface area contributed by atoms with Crippen molar-refractivity contribution in [1.29, 1.82) is 0 Å². The van der Waals surface area contributed by atoms with Crippen molar-refractivity contribution in [2.45, 2.75) is 40.2 Å². The summed E-state index contributed by atoms with van der Waals surface area (Å²) in [6, 6.07) is 6.15. The molecule has 0 fully saturated rings. The molecule has 0 heterocycles. The van der Waals surface area contributed by atoms with Crippen LogP contribution >= 0.6 is 0 Å². The quantitative estimate of drug-likeness (QED) is 0.740. The molecular weight excluding hydrogens is 186 g/mol. The second-order valence-corrected chi connectivity index (χ2v) is 4.40. The molecule has 2 heteroatoms. The van der Waals surface area contributed by atoms with Gasteiger partial charge < -0.3 is 10.4 Å². The molecule has 15 heavy (non-hydrogen) atoms. The molecule has 0 spiro atoms. The highest BCUT2D eigenvalue weighted by atomic mass is 16.3. The summed E-state index contributed by atoms with van der Waals surface area (Å²) in [6.45, 7) is 8.53. The number of hydrogen-bond donors (Lipinski definition) is 2. The summed E-state index contributed by atoms with van der Waals surface area (Å²) in [7, 11) is 0. The molecule has 0 aliphatic rings. The topological polar surface area (TPSA) is 32.3 Å². The zero-order valence-corrected chi connectivity index (χ0v) is 10.0. The predicted octanol–water partition coefficient (Wildman–Crippen LogP) is 3.55. The van der Waals surface area contributed by atoms with Gasteiger partial charge in [0.15, 0.2) is 0 Å². The number of anilines is 1. The minimum Gasteiger partial charge on any atom is -0.508 e. The number of benzene rings is 1. The molecule has 0 radical (unpaired) electrons. The maximum Gasteiger partial charge on any atom is 0.118 e. The van der Waals surface area contributed by atoms with Crippen molar-refractivity contribution in [2.75, 3.05) is 5.32 Å². The van der Waals surface area contributed by atoms with Crippen LogP contribution in [0.25, 0.3) is 0 Å². The Morgan fingerprint density at radius 2 is 2.00 bits per heavy atom. The van der Waals surface area contributed by atoms with Crippen molar-refractivity contribution in [3.63, 3.8) is 0 Å². The highest BCUT2D eigenvalue weighted by Crippen LogP contribution is 2.22. The Bertz CT molecular complexity index is 320. The van der Waals surface area contributed by atoms with E-state index in [1.165, 1.54) is 0 Å². The Hall–Kier alpha value is -1.18. The maximum absolute atomic E-state index is 9.42. The van der Waals surface area contributed by atoms with E-state index in [1.807, 2.05) is 19.1 Å². The van der Waals surface area contributed by atoms with Crippen LogP contribution in [0.5, 0.6) is 5.75 Å². The van der Waals surface area contributed by atoms with Gasteiger partial charge in [-0.2, -0.15) is 0 Å².